The molecule has 0 aliphatic carbocycles. The number of likely N-dealkylation sites (N-methyl/N-ethyl adjacent to an activating group) is 1. The van der Waals surface area contributed by atoms with Crippen molar-refractivity contribution in [2.45, 2.75) is 6.42 Å². The van der Waals surface area contributed by atoms with Gasteiger partial charge in [0.05, 0.1) is 0 Å². The molecule has 1 amide bonds. The number of carbonyl (C=O) groups is 2. The van der Waals surface area contributed by atoms with Crippen molar-refractivity contribution in [3.8, 4) is 0 Å². The molecule has 76 valence electrons. The molecule has 0 saturated carbocycles. The largest absolute Gasteiger partial charge is 0.474 e. The first-order valence-electron chi connectivity index (χ1n) is 4.12. The molecular weight excluding hydrogens is 202 g/mol. The fraction of sp³-hybridized carbons (Fsp3) is 0.333. The molecule has 14 heavy (non-hydrogen) atoms. The molecule has 0 saturated heterocycles. The molecule has 0 atom stereocenters. The van der Waals surface area contributed by atoms with Crippen molar-refractivity contribution in [3.63, 3.8) is 0 Å². The smallest absolute Gasteiger partial charge is 0.394 e. The Kier molecular flexibility index (Phi) is 3.64. The first kappa shape index (κ1) is 10.7. The fourth-order valence-corrected chi connectivity index (χ4v) is 1.70. The van der Waals surface area contributed by atoms with E-state index in [0.717, 1.165) is 4.88 Å². The van der Waals surface area contributed by atoms with Crippen molar-refractivity contribution < 1.29 is 14.7 Å². The molecule has 0 radical (unpaired) electrons. The number of carboxylic acids is 1. The van der Waals surface area contributed by atoms with Crippen LogP contribution in [0.15, 0.2) is 17.5 Å². The van der Waals surface area contributed by atoms with Crippen molar-refractivity contribution in [1.82, 2.24) is 4.90 Å². The molecule has 0 spiro atoms. The van der Waals surface area contributed by atoms with Gasteiger partial charge in [-0.2, -0.15) is 0 Å². The molecule has 1 aromatic rings. The van der Waals surface area contributed by atoms with Crippen LogP contribution in [0.1, 0.15) is 4.88 Å². The van der Waals surface area contributed by atoms with Crippen LogP contribution in [-0.4, -0.2) is 35.5 Å². The summed E-state index contributed by atoms with van der Waals surface area (Å²) in [6.07, 6.45) is 0.702. The summed E-state index contributed by atoms with van der Waals surface area (Å²) >= 11 is 1.60. The highest BCUT2D eigenvalue weighted by Gasteiger charge is 2.16. The second-order valence-electron chi connectivity index (χ2n) is 2.86. The Morgan fingerprint density at radius 1 is 1.57 bits per heavy atom. The average molecular weight is 213 g/mol. The number of thiophene rings is 1. The Balaban J connectivity index is 2.38. The summed E-state index contributed by atoms with van der Waals surface area (Å²) in [5, 5.41) is 10.4. The maximum Gasteiger partial charge on any atom is 0.394 e. The predicted octanol–water partition coefficient (Wildman–Crippen LogP) is 0.834. The lowest BCUT2D eigenvalue weighted by atomic mass is 10.3. The minimum Gasteiger partial charge on any atom is -0.474 e. The third kappa shape index (κ3) is 2.85. The second kappa shape index (κ2) is 4.76. The Morgan fingerprint density at radius 2 is 2.29 bits per heavy atom. The van der Waals surface area contributed by atoms with Gasteiger partial charge in [-0.1, -0.05) is 6.07 Å². The van der Waals surface area contributed by atoms with Crippen molar-refractivity contribution >= 4 is 23.2 Å². The molecule has 4 nitrogen and oxygen atoms in total. The van der Waals surface area contributed by atoms with Crippen molar-refractivity contribution in [1.29, 1.82) is 0 Å². The van der Waals surface area contributed by atoms with Gasteiger partial charge in [0, 0.05) is 18.5 Å². The van der Waals surface area contributed by atoms with E-state index in [1.54, 1.807) is 11.3 Å². The van der Waals surface area contributed by atoms with Crippen LogP contribution in [-0.2, 0) is 16.0 Å². The topological polar surface area (TPSA) is 57.6 Å². The third-order valence-electron chi connectivity index (χ3n) is 1.80. The van der Waals surface area contributed by atoms with Crippen LogP contribution in [0.4, 0.5) is 0 Å². The number of rotatable bonds is 3. The van der Waals surface area contributed by atoms with Gasteiger partial charge >= 0.3 is 11.9 Å². The van der Waals surface area contributed by atoms with E-state index in [4.69, 9.17) is 5.11 Å². The molecule has 0 aromatic carbocycles. The average Bonchev–Trinajstić information content (AvgIpc) is 2.65. The molecule has 5 heteroatoms. The number of carboxylic acid groups (broad SMARTS) is 1. The van der Waals surface area contributed by atoms with E-state index < -0.39 is 11.9 Å². The van der Waals surface area contributed by atoms with Gasteiger partial charge in [0.2, 0.25) is 0 Å². The molecular formula is C9H11NO3S. The van der Waals surface area contributed by atoms with E-state index in [1.165, 1.54) is 11.9 Å². The zero-order valence-corrected chi connectivity index (χ0v) is 8.58. The summed E-state index contributed by atoms with van der Waals surface area (Å²) in [4.78, 5) is 23.6. The van der Waals surface area contributed by atoms with E-state index in [9.17, 15) is 9.59 Å². The molecule has 0 bridgehead atoms. The fourth-order valence-electron chi connectivity index (χ4n) is 0.998. The maximum absolute atomic E-state index is 10.9. The second-order valence-corrected chi connectivity index (χ2v) is 3.89. The van der Waals surface area contributed by atoms with Crippen LogP contribution in [0.2, 0.25) is 0 Å². The number of hydrogen-bond acceptors (Lipinski definition) is 3. The molecule has 0 fully saturated rings. The Bertz CT molecular complexity index is 321. The molecule has 1 heterocycles. The number of aliphatic carboxylic acids is 1. The Hall–Kier alpha value is -1.36. The molecule has 1 rings (SSSR count). The van der Waals surface area contributed by atoms with Gasteiger partial charge in [0.25, 0.3) is 0 Å². The molecule has 0 aliphatic heterocycles. The minimum absolute atomic E-state index is 0.436. The summed E-state index contributed by atoms with van der Waals surface area (Å²) in [7, 11) is 1.49. The first-order valence-corrected chi connectivity index (χ1v) is 5.00. The van der Waals surface area contributed by atoms with Crippen LogP contribution < -0.4 is 0 Å². The predicted molar refractivity (Wildman–Crippen MR) is 53.3 cm³/mol. The summed E-state index contributed by atoms with van der Waals surface area (Å²) in [5.74, 6) is -2.26. The molecule has 1 N–H and O–H groups in total. The van der Waals surface area contributed by atoms with Crippen LogP contribution >= 0.6 is 11.3 Å². The molecule has 0 unspecified atom stereocenters. The lowest BCUT2D eigenvalue weighted by molar-refractivity contribution is -0.155. The normalized spacial score (nSPS) is 9.79. The number of nitrogens with zero attached hydrogens (tertiary/aromatic N) is 1. The highest BCUT2D eigenvalue weighted by atomic mass is 32.1. The van der Waals surface area contributed by atoms with E-state index in [1.807, 2.05) is 17.5 Å². The summed E-state index contributed by atoms with van der Waals surface area (Å²) in [6.45, 7) is 0.436. The van der Waals surface area contributed by atoms with Gasteiger partial charge in [0.1, 0.15) is 0 Å². The van der Waals surface area contributed by atoms with E-state index >= 15 is 0 Å². The number of carbonyl (C=O) groups excluding carboxylic acids is 1. The zero-order valence-electron chi connectivity index (χ0n) is 7.77. The third-order valence-corrected chi connectivity index (χ3v) is 2.74. The van der Waals surface area contributed by atoms with E-state index in [0.29, 0.717) is 13.0 Å². The van der Waals surface area contributed by atoms with Gasteiger partial charge in [-0.05, 0) is 17.9 Å². The number of amides is 1. The number of hydrogen-bond donors (Lipinski definition) is 1. The Labute approximate surface area is 85.8 Å². The quantitative estimate of drug-likeness (QED) is 0.757. The van der Waals surface area contributed by atoms with Gasteiger partial charge in [-0.25, -0.2) is 4.79 Å². The molecule has 1 aromatic heterocycles. The van der Waals surface area contributed by atoms with Crippen LogP contribution in [0.25, 0.3) is 0 Å². The van der Waals surface area contributed by atoms with Crippen molar-refractivity contribution in [2.24, 2.45) is 0 Å². The van der Waals surface area contributed by atoms with E-state index in [-0.39, 0.29) is 0 Å². The SMILES string of the molecule is CN(CCc1cccs1)C(=O)C(=O)O. The minimum atomic E-state index is -1.40. The Morgan fingerprint density at radius 3 is 2.79 bits per heavy atom. The first-order chi connectivity index (χ1) is 6.61. The maximum atomic E-state index is 10.9. The highest BCUT2D eigenvalue weighted by molar-refractivity contribution is 7.09. The van der Waals surface area contributed by atoms with E-state index in [2.05, 4.69) is 0 Å². The monoisotopic (exact) mass is 213 g/mol. The van der Waals surface area contributed by atoms with Gasteiger partial charge in [-0.15, -0.1) is 11.3 Å². The molecule has 0 aliphatic rings. The summed E-state index contributed by atoms with van der Waals surface area (Å²) in [5.41, 5.74) is 0. The highest BCUT2D eigenvalue weighted by Crippen LogP contribution is 2.09. The van der Waals surface area contributed by atoms with Crippen molar-refractivity contribution in [2.75, 3.05) is 13.6 Å². The van der Waals surface area contributed by atoms with Gasteiger partial charge in [0.15, 0.2) is 0 Å². The summed E-state index contributed by atoms with van der Waals surface area (Å²) < 4.78 is 0. The lowest BCUT2D eigenvalue weighted by Gasteiger charge is -2.13. The van der Waals surface area contributed by atoms with Crippen LogP contribution in [0.5, 0.6) is 0 Å². The van der Waals surface area contributed by atoms with Gasteiger partial charge in [-0.3, -0.25) is 4.79 Å². The standard InChI is InChI=1S/C9H11NO3S/c1-10(8(11)9(12)13)5-4-7-3-2-6-14-7/h2-3,6H,4-5H2,1H3,(H,12,13). The van der Waals surface area contributed by atoms with Gasteiger partial charge < -0.3 is 10.0 Å². The summed E-state index contributed by atoms with van der Waals surface area (Å²) in [6, 6.07) is 3.89. The van der Waals surface area contributed by atoms with Crippen LogP contribution in [0.3, 0.4) is 0 Å². The van der Waals surface area contributed by atoms with Crippen LogP contribution in [0, 0.1) is 0 Å². The zero-order chi connectivity index (χ0) is 10.6. The lowest BCUT2D eigenvalue weighted by Crippen LogP contribution is -2.34. The van der Waals surface area contributed by atoms with Crippen molar-refractivity contribution in [3.05, 3.63) is 22.4 Å².